The third kappa shape index (κ3) is 3.47. The van der Waals surface area contributed by atoms with E-state index >= 15 is 0 Å². The number of carbonyl (C=O) groups excluding carboxylic acids is 1. The molecule has 1 aromatic rings. The van der Waals surface area contributed by atoms with Crippen LogP contribution in [0.4, 0.5) is 5.69 Å². The number of ether oxygens (including phenoxy) is 1. The van der Waals surface area contributed by atoms with E-state index in [1.54, 1.807) is 7.11 Å². The van der Waals surface area contributed by atoms with Gasteiger partial charge in [0.1, 0.15) is 0 Å². The minimum absolute atomic E-state index is 0.0465. The predicted molar refractivity (Wildman–Crippen MR) is 91.7 cm³/mol. The van der Waals surface area contributed by atoms with E-state index < -0.39 is 0 Å². The second kappa shape index (κ2) is 7.07. The first-order chi connectivity index (χ1) is 11.1. The van der Waals surface area contributed by atoms with Crippen molar-refractivity contribution < 1.29 is 9.53 Å². The Morgan fingerprint density at radius 3 is 2.78 bits per heavy atom. The molecule has 2 saturated heterocycles. The highest BCUT2D eigenvalue weighted by atomic mass is 35.5. The average molecular weight is 338 g/mol. The lowest BCUT2D eigenvalue weighted by Crippen LogP contribution is -2.40. The summed E-state index contributed by atoms with van der Waals surface area (Å²) in [6.45, 7) is 3.45. The number of hydrogen-bond donors (Lipinski definition) is 1. The molecule has 2 atom stereocenters. The molecule has 1 aromatic carbocycles. The summed E-state index contributed by atoms with van der Waals surface area (Å²) < 4.78 is 5.43. The van der Waals surface area contributed by atoms with Crippen LogP contribution in [0.25, 0.3) is 0 Å². The van der Waals surface area contributed by atoms with Crippen molar-refractivity contribution in [3.8, 4) is 0 Å². The summed E-state index contributed by atoms with van der Waals surface area (Å²) in [4.78, 5) is 16.2. The van der Waals surface area contributed by atoms with Gasteiger partial charge in [-0.1, -0.05) is 17.7 Å². The number of hydrogen-bond acceptors (Lipinski definition) is 4. The van der Waals surface area contributed by atoms with Crippen molar-refractivity contribution in [2.45, 2.75) is 38.0 Å². The van der Waals surface area contributed by atoms with Gasteiger partial charge < -0.3 is 15.4 Å². The number of halogens is 1. The van der Waals surface area contributed by atoms with Crippen LogP contribution in [0.5, 0.6) is 0 Å². The Kier molecular flexibility index (Phi) is 5.09. The van der Waals surface area contributed by atoms with E-state index in [2.05, 4.69) is 15.9 Å². The number of nitrogens with zero attached hydrogens (tertiary/aromatic N) is 2. The molecule has 23 heavy (non-hydrogen) atoms. The second-order valence-corrected chi connectivity index (χ2v) is 6.78. The highest BCUT2D eigenvalue weighted by Crippen LogP contribution is 2.33. The van der Waals surface area contributed by atoms with Gasteiger partial charge in [0.05, 0.1) is 12.1 Å². The van der Waals surface area contributed by atoms with Gasteiger partial charge in [0.2, 0.25) is 5.91 Å². The van der Waals surface area contributed by atoms with Crippen LogP contribution >= 0.6 is 11.6 Å². The van der Waals surface area contributed by atoms with Crippen molar-refractivity contribution in [3.63, 3.8) is 0 Å². The van der Waals surface area contributed by atoms with Crippen LogP contribution < -0.4 is 10.6 Å². The van der Waals surface area contributed by atoms with Crippen molar-refractivity contribution in [1.29, 1.82) is 0 Å². The van der Waals surface area contributed by atoms with Gasteiger partial charge in [-0.3, -0.25) is 9.69 Å². The smallest absolute Gasteiger partial charge is 0.234 e. The number of methoxy groups -OCH3 is 1. The zero-order chi connectivity index (χ0) is 16.4. The molecule has 2 N–H and O–H groups in total. The normalized spacial score (nSPS) is 25.2. The second-order valence-electron chi connectivity index (χ2n) is 6.37. The molecule has 0 spiro atoms. The molecule has 1 amide bonds. The minimum atomic E-state index is -0.292. The summed E-state index contributed by atoms with van der Waals surface area (Å²) in [5, 5.41) is 0.749. The molecule has 0 bridgehead atoms. The molecule has 2 aliphatic rings. The maximum atomic E-state index is 11.8. The molecule has 6 heteroatoms. The molecule has 0 saturated carbocycles. The van der Waals surface area contributed by atoms with E-state index in [4.69, 9.17) is 22.1 Å². The third-order valence-corrected chi connectivity index (χ3v) is 5.28. The van der Waals surface area contributed by atoms with Crippen LogP contribution in [0.3, 0.4) is 0 Å². The molecule has 0 aliphatic carbocycles. The zero-order valence-electron chi connectivity index (χ0n) is 13.5. The van der Waals surface area contributed by atoms with Gasteiger partial charge in [0, 0.05) is 49.6 Å². The Labute approximate surface area is 142 Å². The van der Waals surface area contributed by atoms with Gasteiger partial charge in [-0.2, -0.15) is 0 Å². The Morgan fingerprint density at radius 1 is 1.39 bits per heavy atom. The van der Waals surface area contributed by atoms with Crippen molar-refractivity contribution in [1.82, 2.24) is 4.90 Å². The molecule has 5 nitrogen and oxygen atoms in total. The number of primary amides is 1. The molecule has 0 unspecified atom stereocenters. The van der Waals surface area contributed by atoms with Crippen LogP contribution in [0.2, 0.25) is 5.02 Å². The van der Waals surface area contributed by atoms with Crippen LogP contribution in [0, 0.1) is 0 Å². The Hall–Kier alpha value is -1.30. The van der Waals surface area contributed by atoms with Crippen molar-refractivity contribution in [3.05, 3.63) is 28.8 Å². The zero-order valence-corrected chi connectivity index (χ0v) is 14.3. The van der Waals surface area contributed by atoms with Gasteiger partial charge in [-0.15, -0.1) is 0 Å². The molecular formula is C17H24ClN3O2. The van der Waals surface area contributed by atoms with E-state index in [1.165, 1.54) is 18.5 Å². The lowest BCUT2D eigenvalue weighted by atomic mass is 10.1. The summed E-state index contributed by atoms with van der Waals surface area (Å²) in [6.07, 6.45) is 3.12. The van der Waals surface area contributed by atoms with E-state index in [-0.39, 0.29) is 18.1 Å². The first-order valence-electron chi connectivity index (χ1n) is 8.18. The van der Waals surface area contributed by atoms with Gasteiger partial charge in [-0.25, -0.2) is 0 Å². The number of rotatable bonds is 5. The first-order valence-corrected chi connectivity index (χ1v) is 8.56. The lowest BCUT2D eigenvalue weighted by molar-refractivity contribution is -0.122. The van der Waals surface area contributed by atoms with Gasteiger partial charge in [0.25, 0.3) is 0 Å². The maximum absolute atomic E-state index is 11.8. The largest absolute Gasteiger partial charge is 0.380 e. The summed E-state index contributed by atoms with van der Waals surface area (Å²) in [5.41, 5.74) is 7.84. The standard InChI is InChI=1S/C17H24ClN3O2/c1-23-12-9-16(17(19)22)21(10-12)11-13-14(18)5-4-6-15(13)20-7-2-3-8-20/h4-6,12,16H,2-3,7-11H2,1H3,(H2,19,22)/t12-,16-/m0/s1. The van der Waals surface area contributed by atoms with Gasteiger partial charge in [0.15, 0.2) is 0 Å². The van der Waals surface area contributed by atoms with Crippen molar-refractivity contribution in [2.24, 2.45) is 5.73 Å². The molecule has 126 valence electrons. The molecule has 2 fully saturated rings. The summed E-state index contributed by atoms with van der Waals surface area (Å²) in [7, 11) is 1.68. The molecule has 0 aromatic heterocycles. The highest BCUT2D eigenvalue weighted by molar-refractivity contribution is 6.31. The van der Waals surface area contributed by atoms with Crippen molar-refractivity contribution in [2.75, 3.05) is 31.6 Å². The van der Waals surface area contributed by atoms with Gasteiger partial charge in [-0.05, 0) is 31.4 Å². The van der Waals surface area contributed by atoms with Crippen LogP contribution in [-0.4, -0.2) is 49.7 Å². The lowest BCUT2D eigenvalue weighted by Gasteiger charge is -2.27. The number of benzene rings is 1. The predicted octanol–water partition coefficient (Wildman–Crippen LogP) is 2.01. The quantitative estimate of drug-likeness (QED) is 0.893. The number of anilines is 1. The van der Waals surface area contributed by atoms with E-state index in [1.807, 2.05) is 12.1 Å². The molecule has 3 rings (SSSR count). The molecule has 0 radical (unpaired) electrons. The fraction of sp³-hybridized carbons (Fsp3) is 0.588. The fourth-order valence-electron chi connectivity index (χ4n) is 3.66. The first kappa shape index (κ1) is 16.6. The highest BCUT2D eigenvalue weighted by Gasteiger charge is 2.36. The SMILES string of the molecule is CO[C@H]1C[C@@H](C(N)=O)N(Cc2c(Cl)cccc2N2CCCC2)C1. The van der Waals surface area contributed by atoms with E-state index in [0.717, 1.165) is 23.7 Å². The summed E-state index contributed by atoms with van der Waals surface area (Å²) in [6, 6.07) is 5.74. The Bertz CT molecular complexity index is 575. The van der Waals surface area contributed by atoms with Gasteiger partial charge >= 0.3 is 0 Å². The van der Waals surface area contributed by atoms with Crippen LogP contribution in [0.1, 0.15) is 24.8 Å². The number of amides is 1. The van der Waals surface area contributed by atoms with Crippen LogP contribution in [-0.2, 0) is 16.1 Å². The van der Waals surface area contributed by atoms with E-state index in [9.17, 15) is 4.79 Å². The number of likely N-dealkylation sites (tertiary alicyclic amines) is 1. The third-order valence-electron chi connectivity index (χ3n) is 4.93. The van der Waals surface area contributed by atoms with E-state index in [0.29, 0.717) is 19.5 Å². The topological polar surface area (TPSA) is 58.8 Å². The summed E-state index contributed by atoms with van der Waals surface area (Å²) >= 11 is 6.48. The molecule has 2 heterocycles. The summed E-state index contributed by atoms with van der Waals surface area (Å²) in [5.74, 6) is -0.292. The number of nitrogens with two attached hydrogens (primary N) is 1. The monoisotopic (exact) mass is 337 g/mol. The average Bonchev–Trinajstić information content (AvgIpc) is 3.18. The number of carbonyl (C=O) groups is 1. The molecule has 2 aliphatic heterocycles. The fourth-order valence-corrected chi connectivity index (χ4v) is 3.89. The van der Waals surface area contributed by atoms with Crippen molar-refractivity contribution >= 4 is 23.2 Å². The Balaban J connectivity index is 1.85. The Morgan fingerprint density at radius 2 is 2.13 bits per heavy atom. The van der Waals surface area contributed by atoms with Crippen LogP contribution in [0.15, 0.2) is 18.2 Å². The molecular weight excluding hydrogens is 314 g/mol. The minimum Gasteiger partial charge on any atom is -0.380 e. The maximum Gasteiger partial charge on any atom is 0.234 e.